The van der Waals surface area contributed by atoms with Crippen molar-refractivity contribution in [1.29, 1.82) is 0 Å². The van der Waals surface area contributed by atoms with Gasteiger partial charge in [0.1, 0.15) is 11.2 Å². The Morgan fingerprint density at radius 2 is 0.707 bits per heavy atom. The van der Waals surface area contributed by atoms with E-state index in [0.717, 1.165) is 115 Å². The maximum atomic E-state index is 13.9. The molecule has 0 spiro atoms. The number of hydrogen-bond donors (Lipinski definition) is 0. The quantitative estimate of drug-likeness (QED) is 0.164. The Morgan fingerprint density at radius 1 is 0.283 bits per heavy atom. The first-order chi connectivity index (χ1) is 45.5. The van der Waals surface area contributed by atoms with Crippen molar-refractivity contribution in [2.75, 3.05) is 0 Å². The minimum absolute atomic E-state index is 0.00361. The van der Waals surface area contributed by atoms with E-state index in [9.17, 15) is 9.59 Å². The molecule has 0 saturated heterocycles. The minimum Gasteiger partial charge on any atom is -0.456 e. The van der Waals surface area contributed by atoms with Gasteiger partial charge < -0.3 is 4.42 Å². The van der Waals surface area contributed by atoms with Crippen LogP contribution < -0.4 is 11.1 Å². The normalized spacial score (nSPS) is 12.2. The van der Waals surface area contributed by atoms with Crippen molar-refractivity contribution in [2.45, 2.75) is 0 Å². The molecule has 0 unspecified atom stereocenters. The number of nitrogens with zero attached hydrogens (tertiary/aromatic N) is 4. The fourth-order valence-corrected chi connectivity index (χ4v) is 16.7. The van der Waals surface area contributed by atoms with Crippen LogP contribution >= 0.6 is 11.3 Å². The zero-order valence-corrected chi connectivity index (χ0v) is 49.8. The van der Waals surface area contributed by atoms with Crippen molar-refractivity contribution in [2.24, 2.45) is 0 Å². The third-order valence-corrected chi connectivity index (χ3v) is 20.7. The van der Waals surface area contributed by atoms with Crippen molar-refractivity contribution in [3.8, 4) is 44.5 Å². The van der Waals surface area contributed by atoms with Gasteiger partial charge in [0.05, 0.1) is 33.1 Å². The largest absolute Gasteiger partial charge is 0.456 e. The van der Waals surface area contributed by atoms with E-state index in [2.05, 4.69) is 200 Å². The SMILES string of the molecule is O=c1c2ccccc2c2nccc3c4cc(-c5cccc6c5sc5c(-c7ccccc7)cccc56)ccc4n1c32.O=c1c2ccccc2c2nccc3c4cc(-c5cccc6oc7ccc(-c8ccc9c%10ccccc%10c%10ccccc%10c9c8)cc7c56)ccc4n1c32. The predicted octanol–water partition coefficient (Wildman–Crippen LogP) is 21.6. The molecule has 21 rings (SSSR count). The van der Waals surface area contributed by atoms with Crippen molar-refractivity contribution in [3.63, 3.8) is 0 Å². The molecule has 0 fully saturated rings. The average Bonchev–Trinajstić information content (AvgIpc) is 1.57. The van der Waals surface area contributed by atoms with E-state index in [4.69, 9.17) is 14.4 Å². The van der Waals surface area contributed by atoms with E-state index in [1.54, 1.807) is 0 Å². The summed E-state index contributed by atoms with van der Waals surface area (Å²) in [6.45, 7) is 0. The summed E-state index contributed by atoms with van der Waals surface area (Å²) in [5.41, 5.74) is 16.3. The van der Waals surface area contributed by atoms with Crippen LogP contribution in [0.2, 0.25) is 0 Å². The molecule has 0 saturated carbocycles. The molecule has 426 valence electrons. The summed E-state index contributed by atoms with van der Waals surface area (Å²) in [5.74, 6) is 0. The topological polar surface area (TPSA) is 81.9 Å². The molecule has 0 amide bonds. The van der Waals surface area contributed by atoms with E-state index >= 15 is 0 Å². The monoisotopic (exact) mass is 1190 g/mol. The molecular weight excluding hydrogens is 1150 g/mol. The number of rotatable bonds is 4. The third-order valence-electron chi connectivity index (χ3n) is 19.4. The Kier molecular flexibility index (Phi) is 10.6. The van der Waals surface area contributed by atoms with Crippen LogP contribution in [0.15, 0.2) is 293 Å². The summed E-state index contributed by atoms with van der Waals surface area (Å²) in [6.07, 6.45) is 3.71. The third kappa shape index (κ3) is 7.15. The van der Waals surface area contributed by atoms with Gasteiger partial charge in [-0.05, 0) is 150 Å². The first-order valence-corrected chi connectivity index (χ1v) is 31.7. The smallest absolute Gasteiger partial charge is 0.263 e. The van der Waals surface area contributed by atoms with Gasteiger partial charge in [-0.3, -0.25) is 28.4 Å². The van der Waals surface area contributed by atoms with Crippen LogP contribution in [0.1, 0.15) is 0 Å². The van der Waals surface area contributed by atoms with Gasteiger partial charge in [-0.15, -0.1) is 11.3 Å². The molecule has 8 heterocycles. The van der Waals surface area contributed by atoms with E-state index in [-0.39, 0.29) is 11.1 Å². The molecule has 0 radical (unpaired) electrons. The van der Waals surface area contributed by atoms with Gasteiger partial charge in [-0.2, -0.15) is 0 Å². The number of pyridine rings is 4. The van der Waals surface area contributed by atoms with Crippen LogP contribution in [0.4, 0.5) is 0 Å². The van der Waals surface area contributed by atoms with Crippen LogP contribution in [-0.4, -0.2) is 18.8 Å². The summed E-state index contributed by atoms with van der Waals surface area (Å²) in [4.78, 5) is 37.0. The lowest BCUT2D eigenvalue weighted by atomic mass is 9.91. The van der Waals surface area contributed by atoms with E-state index in [1.807, 2.05) is 99.3 Å². The van der Waals surface area contributed by atoms with Crippen LogP contribution in [0.5, 0.6) is 0 Å². The zero-order valence-electron chi connectivity index (χ0n) is 49.0. The summed E-state index contributed by atoms with van der Waals surface area (Å²) in [7, 11) is 0. The Labute approximate surface area is 526 Å². The van der Waals surface area contributed by atoms with Crippen molar-refractivity contribution < 1.29 is 4.42 Å². The van der Waals surface area contributed by atoms with E-state index in [0.29, 0.717) is 10.8 Å². The van der Waals surface area contributed by atoms with Crippen molar-refractivity contribution >= 4 is 162 Å². The molecule has 0 aliphatic carbocycles. The zero-order chi connectivity index (χ0) is 60.4. The number of thiophene rings is 1. The van der Waals surface area contributed by atoms with Gasteiger partial charge in [0.2, 0.25) is 0 Å². The minimum atomic E-state index is -0.0193. The first kappa shape index (κ1) is 50.9. The maximum absolute atomic E-state index is 13.9. The van der Waals surface area contributed by atoms with Gasteiger partial charge in [0, 0.05) is 86.4 Å². The first-order valence-electron chi connectivity index (χ1n) is 30.9. The van der Waals surface area contributed by atoms with Gasteiger partial charge in [0.15, 0.2) is 0 Å². The number of aromatic nitrogens is 4. The highest BCUT2D eigenvalue weighted by molar-refractivity contribution is 7.26. The maximum Gasteiger partial charge on any atom is 0.263 e. The van der Waals surface area contributed by atoms with Crippen LogP contribution in [0, 0.1) is 0 Å². The number of benzene rings is 13. The summed E-state index contributed by atoms with van der Waals surface area (Å²) in [6, 6.07) is 93.4. The van der Waals surface area contributed by atoms with Gasteiger partial charge in [-0.25, -0.2) is 0 Å². The standard InChI is InChI=1S/C48H26N2O2.C36H20N2OS/c51-48-38-13-6-5-12-36(38)46-47-37(22-23-49-46)40-26-29(17-20-42(40)50(47)48)30-14-7-15-44-45(30)41-25-28(18-21-43(41)52-44)27-16-19-35-33-10-2-1-8-31(33)32-9-3-4-11-34(32)39(35)24-27;39-36-29-11-5-4-10-25(29)32-33-26(18-19-37-32)30-20-22(16-17-31(30)38(33)36)24-13-7-15-28-27-14-6-12-23(34(27)40-35(24)28)21-8-2-1-3-9-21/h1-26H;1-20H. The lowest BCUT2D eigenvalue weighted by molar-refractivity contribution is 0.669. The highest BCUT2D eigenvalue weighted by Crippen LogP contribution is 2.47. The Hall–Kier alpha value is -12.1. The van der Waals surface area contributed by atoms with Crippen molar-refractivity contribution in [3.05, 3.63) is 300 Å². The summed E-state index contributed by atoms with van der Waals surface area (Å²) >= 11 is 1.86. The second-order valence-electron chi connectivity index (χ2n) is 24.1. The van der Waals surface area contributed by atoms with Crippen LogP contribution in [0.25, 0.3) is 195 Å². The fourth-order valence-electron chi connectivity index (χ4n) is 15.3. The second-order valence-corrected chi connectivity index (χ2v) is 25.1. The highest BCUT2D eigenvalue weighted by Gasteiger charge is 2.23. The molecule has 0 atom stereocenters. The van der Waals surface area contributed by atoms with E-state index in [1.165, 1.54) is 69.2 Å². The fraction of sp³-hybridized carbons (Fsp3) is 0. The molecular formula is C84H46N4O3S. The van der Waals surface area contributed by atoms with Crippen LogP contribution in [0.3, 0.4) is 0 Å². The predicted molar refractivity (Wildman–Crippen MR) is 385 cm³/mol. The lowest BCUT2D eigenvalue weighted by Gasteiger charge is -2.12. The Balaban J connectivity index is 0.000000132. The van der Waals surface area contributed by atoms with Gasteiger partial charge in [0.25, 0.3) is 11.1 Å². The van der Waals surface area contributed by atoms with Crippen LogP contribution in [-0.2, 0) is 0 Å². The molecule has 13 aromatic carbocycles. The summed E-state index contributed by atoms with van der Waals surface area (Å²) in [5, 5.41) is 19.6. The molecule has 8 aromatic heterocycles. The Bertz CT molecular complexity index is 6840. The molecule has 0 bridgehead atoms. The molecule has 21 aromatic rings. The number of furan rings is 1. The molecule has 0 aliphatic rings. The van der Waals surface area contributed by atoms with E-state index < -0.39 is 0 Å². The summed E-state index contributed by atoms with van der Waals surface area (Å²) < 4.78 is 12.8. The van der Waals surface area contributed by atoms with Gasteiger partial charge in [-0.1, -0.05) is 194 Å². The highest BCUT2D eigenvalue weighted by atomic mass is 32.1. The number of fused-ring (bicyclic) bond motifs is 22. The molecule has 0 aliphatic heterocycles. The molecule has 0 N–H and O–H groups in total. The lowest BCUT2D eigenvalue weighted by Crippen LogP contribution is -2.13. The average molecular weight is 1190 g/mol. The Morgan fingerprint density at radius 3 is 1.28 bits per heavy atom. The molecule has 7 nitrogen and oxygen atoms in total. The van der Waals surface area contributed by atoms with Gasteiger partial charge >= 0.3 is 0 Å². The molecule has 8 heteroatoms. The van der Waals surface area contributed by atoms with Crippen molar-refractivity contribution in [1.82, 2.24) is 18.8 Å². The second kappa shape index (κ2) is 19.2. The number of hydrogen-bond acceptors (Lipinski definition) is 6. The molecule has 92 heavy (non-hydrogen) atoms.